The molecule has 0 bridgehead atoms. The van der Waals surface area contributed by atoms with Crippen LogP contribution < -0.4 is 5.73 Å². The zero-order chi connectivity index (χ0) is 13.9. The Morgan fingerprint density at radius 1 is 1.33 bits per heavy atom. The Kier molecular flexibility index (Phi) is 4.52. The van der Waals surface area contributed by atoms with Gasteiger partial charge in [-0.3, -0.25) is 4.79 Å². The van der Waals surface area contributed by atoms with Gasteiger partial charge in [0, 0.05) is 25.2 Å². The number of benzene rings is 1. The van der Waals surface area contributed by atoms with Gasteiger partial charge in [-0.1, -0.05) is 39.0 Å². The molecule has 3 heteroatoms. The van der Waals surface area contributed by atoms with Gasteiger partial charge in [-0.15, -0.1) is 0 Å². The first-order chi connectivity index (χ1) is 8.29. The average molecular weight is 248 g/mol. The van der Waals surface area contributed by atoms with E-state index in [2.05, 4.69) is 20.8 Å². The van der Waals surface area contributed by atoms with Crippen LogP contribution in [0.25, 0.3) is 0 Å². The Hall–Kier alpha value is -1.35. The largest absolute Gasteiger partial charge is 0.338 e. The van der Waals surface area contributed by atoms with Crippen molar-refractivity contribution in [2.24, 2.45) is 5.73 Å². The highest BCUT2D eigenvalue weighted by Crippen LogP contribution is 2.26. The predicted molar refractivity (Wildman–Crippen MR) is 75.8 cm³/mol. The highest BCUT2D eigenvalue weighted by Gasteiger charge is 2.24. The van der Waals surface area contributed by atoms with Crippen LogP contribution in [0.3, 0.4) is 0 Å². The van der Waals surface area contributed by atoms with Crippen molar-refractivity contribution in [2.45, 2.75) is 39.2 Å². The number of hydrogen-bond acceptors (Lipinski definition) is 2. The number of carbonyl (C=O) groups is 1. The van der Waals surface area contributed by atoms with Gasteiger partial charge in [-0.2, -0.15) is 0 Å². The van der Waals surface area contributed by atoms with Crippen molar-refractivity contribution in [3.05, 3.63) is 35.4 Å². The van der Waals surface area contributed by atoms with Crippen LogP contribution in [-0.2, 0) is 5.41 Å². The number of hydrogen-bond donors (Lipinski definition) is 1. The fraction of sp³-hybridized carbons (Fsp3) is 0.533. The molecule has 3 nitrogen and oxygen atoms in total. The van der Waals surface area contributed by atoms with Crippen molar-refractivity contribution in [3.63, 3.8) is 0 Å². The molecule has 0 radical (unpaired) electrons. The van der Waals surface area contributed by atoms with Gasteiger partial charge in [-0.05, 0) is 24.0 Å². The van der Waals surface area contributed by atoms with E-state index in [-0.39, 0.29) is 17.4 Å². The van der Waals surface area contributed by atoms with E-state index in [4.69, 9.17) is 5.73 Å². The second-order valence-corrected chi connectivity index (χ2v) is 5.80. The van der Waals surface area contributed by atoms with Gasteiger partial charge in [0.15, 0.2) is 0 Å². The molecule has 0 saturated carbocycles. The van der Waals surface area contributed by atoms with E-state index in [9.17, 15) is 4.79 Å². The van der Waals surface area contributed by atoms with E-state index in [1.165, 1.54) is 0 Å². The first-order valence-corrected chi connectivity index (χ1v) is 6.35. The number of nitrogens with two attached hydrogens (primary N) is 1. The van der Waals surface area contributed by atoms with Crippen LogP contribution in [0, 0.1) is 0 Å². The van der Waals surface area contributed by atoms with Gasteiger partial charge in [0.05, 0.1) is 0 Å². The summed E-state index contributed by atoms with van der Waals surface area (Å²) in [5, 5.41) is 0. The molecule has 0 saturated heterocycles. The Morgan fingerprint density at radius 2 is 1.89 bits per heavy atom. The maximum Gasteiger partial charge on any atom is 0.254 e. The predicted octanol–water partition coefficient (Wildman–Crippen LogP) is 2.40. The van der Waals surface area contributed by atoms with E-state index < -0.39 is 0 Å². The Bertz CT molecular complexity index is 421. The third-order valence-electron chi connectivity index (χ3n) is 3.29. The molecule has 1 rings (SSSR count). The van der Waals surface area contributed by atoms with Crippen molar-refractivity contribution in [1.82, 2.24) is 4.90 Å². The summed E-state index contributed by atoms with van der Waals surface area (Å²) < 4.78 is 0. The monoisotopic (exact) mass is 248 g/mol. The molecule has 0 aliphatic rings. The molecular formula is C15H24N2O. The van der Waals surface area contributed by atoms with Gasteiger partial charge in [0.1, 0.15) is 0 Å². The molecule has 0 aliphatic heterocycles. The molecule has 18 heavy (non-hydrogen) atoms. The molecule has 2 N–H and O–H groups in total. The lowest BCUT2D eigenvalue weighted by Crippen LogP contribution is -2.40. The Labute approximate surface area is 110 Å². The van der Waals surface area contributed by atoms with Gasteiger partial charge in [-0.25, -0.2) is 0 Å². The average Bonchev–Trinajstić information content (AvgIpc) is 2.35. The highest BCUT2D eigenvalue weighted by molar-refractivity contribution is 5.96. The summed E-state index contributed by atoms with van der Waals surface area (Å²) in [6.07, 6.45) is 0. The number of nitrogens with zero attached hydrogens (tertiary/aromatic N) is 1. The second-order valence-electron chi connectivity index (χ2n) is 5.80. The molecule has 0 spiro atoms. The maximum atomic E-state index is 12.5. The third kappa shape index (κ3) is 3.10. The van der Waals surface area contributed by atoms with Crippen molar-refractivity contribution in [3.8, 4) is 0 Å². The van der Waals surface area contributed by atoms with Crippen LogP contribution in [0.5, 0.6) is 0 Å². The fourth-order valence-corrected chi connectivity index (χ4v) is 1.87. The van der Waals surface area contributed by atoms with Crippen LogP contribution in [0.2, 0.25) is 0 Å². The third-order valence-corrected chi connectivity index (χ3v) is 3.29. The van der Waals surface area contributed by atoms with E-state index in [0.29, 0.717) is 6.54 Å². The van der Waals surface area contributed by atoms with Crippen LogP contribution in [0.15, 0.2) is 24.3 Å². The van der Waals surface area contributed by atoms with Gasteiger partial charge in [0.25, 0.3) is 5.91 Å². The quantitative estimate of drug-likeness (QED) is 0.893. The zero-order valence-electron chi connectivity index (χ0n) is 12.0. The van der Waals surface area contributed by atoms with Crippen molar-refractivity contribution < 1.29 is 4.79 Å². The van der Waals surface area contributed by atoms with E-state index >= 15 is 0 Å². The summed E-state index contributed by atoms with van der Waals surface area (Å²) in [4.78, 5) is 14.2. The van der Waals surface area contributed by atoms with Crippen LogP contribution in [0.1, 0.15) is 43.6 Å². The standard InChI is InChI=1S/C15H24N2O/c1-11(10-16)17(5)14(18)12-8-6-7-9-13(12)15(2,3)4/h6-9,11H,10,16H2,1-5H3. The van der Waals surface area contributed by atoms with Gasteiger partial charge >= 0.3 is 0 Å². The number of amides is 1. The first kappa shape index (κ1) is 14.7. The smallest absolute Gasteiger partial charge is 0.254 e. The van der Waals surface area contributed by atoms with Crippen molar-refractivity contribution in [1.29, 1.82) is 0 Å². The van der Waals surface area contributed by atoms with E-state index in [1.54, 1.807) is 11.9 Å². The van der Waals surface area contributed by atoms with Gasteiger partial charge < -0.3 is 10.6 Å². The minimum absolute atomic E-state index is 0.0403. The van der Waals surface area contributed by atoms with E-state index in [1.807, 2.05) is 31.2 Å². The molecule has 1 aromatic carbocycles. The lowest BCUT2D eigenvalue weighted by Gasteiger charge is -2.28. The minimum atomic E-state index is -0.0426. The lowest BCUT2D eigenvalue weighted by molar-refractivity contribution is 0.0746. The van der Waals surface area contributed by atoms with Crippen molar-refractivity contribution >= 4 is 5.91 Å². The zero-order valence-corrected chi connectivity index (χ0v) is 12.0. The topological polar surface area (TPSA) is 46.3 Å². The first-order valence-electron chi connectivity index (χ1n) is 6.35. The lowest BCUT2D eigenvalue weighted by atomic mass is 9.83. The molecule has 0 aromatic heterocycles. The summed E-state index contributed by atoms with van der Waals surface area (Å²) in [6.45, 7) is 8.78. The maximum absolute atomic E-state index is 12.5. The molecule has 1 aromatic rings. The molecule has 0 fully saturated rings. The van der Waals surface area contributed by atoms with Gasteiger partial charge in [0.2, 0.25) is 0 Å². The van der Waals surface area contributed by atoms with Crippen LogP contribution >= 0.6 is 0 Å². The SMILES string of the molecule is CC(CN)N(C)C(=O)c1ccccc1C(C)(C)C. The molecular weight excluding hydrogens is 224 g/mol. The molecule has 1 amide bonds. The Morgan fingerprint density at radius 3 is 2.39 bits per heavy atom. The number of carbonyl (C=O) groups excluding carboxylic acids is 1. The molecule has 1 atom stereocenters. The molecule has 0 heterocycles. The van der Waals surface area contributed by atoms with E-state index in [0.717, 1.165) is 11.1 Å². The molecule has 0 aliphatic carbocycles. The minimum Gasteiger partial charge on any atom is -0.338 e. The summed E-state index contributed by atoms with van der Waals surface area (Å²) in [7, 11) is 1.80. The van der Waals surface area contributed by atoms with Crippen LogP contribution in [0.4, 0.5) is 0 Å². The highest BCUT2D eigenvalue weighted by atomic mass is 16.2. The van der Waals surface area contributed by atoms with Crippen molar-refractivity contribution in [2.75, 3.05) is 13.6 Å². The second kappa shape index (κ2) is 5.53. The summed E-state index contributed by atoms with van der Waals surface area (Å²) in [5.74, 6) is 0.0403. The molecule has 1 unspecified atom stereocenters. The fourth-order valence-electron chi connectivity index (χ4n) is 1.87. The Balaban J connectivity index is 3.14. The summed E-state index contributed by atoms with van der Waals surface area (Å²) >= 11 is 0. The van der Waals surface area contributed by atoms with Crippen LogP contribution in [-0.4, -0.2) is 30.4 Å². The summed E-state index contributed by atoms with van der Waals surface area (Å²) in [5.41, 5.74) is 7.42. The number of likely N-dealkylation sites (N-methyl/N-ethyl adjacent to an activating group) is 1. The normalized spacial score (nSPS) is 13.2. The number of rotatable bonds is 3. The summed E-state index contributed by atoms with van der Waals surface area (Å²) in [6, 6.07) is 7.84. The molecule has 100 valence electrons.